The lowest BCUT2D eigenvalue weighted by Gasteiger charge is -2.15. The first-order chi connectivity index (χ1) is 6.61. The molecule has 0 rings (SSSR count). The van der Waals surface area contributed by atoms with E-state index >= 15 is 0 Å². The Morgan fingerprint density at radius 1 is 1.64 bits per heavy atom. The first kappa shape index (κ1) is 13.9. The highest BCUT2D eigenvalue weighted by molar-refractivity contribution is 9.10. The van der Waals surface area contributed by atoms with Gasteiger partial charge in [0.1, 0.15) is 4.83 Å². The van der Waals surface area contributed by atoms with Crippen molar-refractivity contribution in [1.29, 1.82) is 0 Å². The number of halogens is 1. The molecule has 14 heavy (non-hydrogen) atoms. The van der Waals surface area contributed by atoms with Gasteiger partial charge in [0.15, 0.2) is 0 Å². The number of ether oxygens (including phenoxy) is 1. The summed E-state index contributed by atoms with van der Waals surface area (Å²) in [7, 11) is 1.37. The van der Waals surface area contributed by atoms with Crippen LogP contribution in [-0.4, -0.2) is 42.2 Å². The Kier molecular flexibility index (Phi) is 8.12. The molecule has 0 heterocycles. The molecule has 0 aromatic heterocycles. The van der Waals surface area contributed by atoms with Gasteiger partial charge in [0.05, 0.1) is 7.11 Å². The van der Waals surface area contributed by atoms with Crippen LogP contribution in [0, 0.1) is 0 Å². The summed E-state index contributed by atoms with van der Waals surface area (Å²) in [6.45, 7) is 2.77. The number of carbonyl (C=O) groups is 1. The third kappa shape index (κ3) is 6.34. The zero-order chi connectivity index (χ0) is 11.0. The Morgan fingerprint density at radius 2 is 2.29 bits per heavy atom. The number of nitrogens with one attached hydrogen (secondary N) is 1. The van der Waals surface area contributed by atoms with Gasteiger partial charge in [0, 0.05) is 19.2 Å². The van der Waals surface area contributed by atoms with Gasteiger partial charge in [-0.2, -0.15) is 0 Å². The van der Waals surface area contributed by atoms with Crippen LogP contribution >= 0.6 is 15.9 Å². The fraction of sp³-hybridized carbons (Fsp3) is 0.889. The van der Waals surface area contributed by atoms with Gasteiger partial charge in [-0.15, -0.1) is 0 Å². The molecular formula is C9H18BrNO3. The van der Waals surface area contributed by atoms with Gasteiger partial charge in [0.2, 0.25) is 0 Å². The van der Waals surface area contributed by atoms with Crippen molar-refractivity contribution in [2.75, 3.05) is 20.3 Å². The molecule has 0 bridgehead atoms. The van der Waals surface area contributed by atoms with Gasteiger partial charge >= 0.3 is 5.97 Å². The van der Waals surface area contributed by atoms with Crippen molar-refractivity contribution in [2.45, 2.75) is 30.6 Å². The molecule has 0 saturated heterocycles. The standard InChI is InChI=1S/C9H18BrNO3/c1-7(4-3-5-12)11-6-8(10)9(13)14-2/h7-8,11-12H,3-6H2,1-2H3. The summed E-state index contributed by atoms with van der Waals surface area (Å²) in [6.07, 6.45) is 1.68. The van der Waals surface area contributed by atoms with Crippen LogP contribution in [0.15, 0.2) is 0 Å². The summed E-state index contributed by atoms with van der Waals surface area (Å²) in [5.41, 5.74) is 0. The van der Waals surface area contributed by atoms with E-state index in [4.69, 9.17) is 5.11 Å². The second kappa shape index (κ2) is 8.20. The molecule has 0 aliphatic heterocycles. The molecule has 0 radical (unpaired) electrons. The maximum absolute atomic E-state index is 11.0. The summed E-state index contributed by atoms with van der Waals surface area (Å²) < 4.78 is 4.56. The normalized spacial score (nSPS) is 14.9. The lowest BCUT2D eigenvalue weighted by molar-refractivity contribution is -0.139. The molecule has 0 aromatic carbocycles. The second-order valence-electron chi connectivity index (χ2n) is 3.17. The number of rotatable bonds is 7. The Balaban J connectivity index is 3.55. The van der Waals surface area contributed by atoms with E-state index in [-0.39, 0.29) is 17.4 Å². The van der Waals surface area contributed by atoms with Crippen LogP contribution in [-0.2, 0) is 9.53 Å². The molecule has 0 amide bonds. The number of hydrogen-bond donors (Lipinski definition) is 2. The Morgan fingerprint density at radius 3 is 2.79 bits per heavy atom. The van der Waals surface area contributed by atoms with Gasteiger partial charge in [-0.05, 0) is 19.8 Å². The van der Waals surface area contributed by atoms with Crippen molar-refractivity contribution < 1.29 is 14.6 Å². The first-order valence-corrected chi connectivity index (χ1v) is 5.59. The smallest absolute Gasteiger partial charge is 0.320 e. The van der Waals surface area contributed by atoms with Crippen LogP contribution < -0.4 is 5.32 Å². The summed E-state index contributed by atoms with van der Waals surface area (Å²) in [5, 5.41) is 11.8. The minimum absolute atomic E-state index is 0.209. The predicted octanol–water partition coefficient (Wildman–Crippen LogP) is 0.673. The Hall–Kier alpha value is -0.130. The lowest BCUT2D eigenvalue weighted by atomic mass is 10.2. The van der Waals surface area contributed by atoms with Gasteiger partial charge in [-0.1, -0.05) is 15.9 Å². The molecule has 5 heteroatoms. The highest BCUT2D eigenvalue weighted by Crippen LogP contribution is 2.02. The van der Waals surface area contributed by atoms with Crippen LogP contribution in [0.1, 0.15) is 19.8 Å². The SMILES string of the molecule is COC(=O)C(Br)CNC(C)CCCO. The number of alkyl halides is 1. The van der Waals surface area contributed by atoms with Gasteiger partial charge < -0.3 is 15.2 Å². The van der Waals surface area contributed by atoms with E-state index in [1.54, 1.807) is 0 Å². The number of hydrogen-bond acceptors (Lipinski definition) is 4. The van der Waals surface area contributed by atoms with Crippen LogP contribution in [0.4, 0.5) is 0 Å². The zero-order valence-electron chi connectivity index (χ0n) is 8.62. The lowest BCUT2D eigenvalue weighted by Crippen LogP contribution is -2.35. The van der Waals surface area contributed by atoms with Crippen molar-refractivity contribution in [3.8, 4) is 0 Å². The Labute approximate surface area is 93.1 Å². The number of aliphatic hydroxyl groups is 1. The highest BCUT2D eigenvalue weighted by Gasteiger charge is 2.15. The maximum atomic E-state index is 11.0. The largest absolute Gasteiger partial charge is 0.468 e. The van der Waals surface area contributed by atoms with E-state index in [0.717, 1.165) is 12.8 Å². The van der Waals surface area contributed by atoms with Gasteiger partial charge in [-0.25, -0.2) is 0 Å². The first-order valence-electron chi connectivity index (χ1n) is 4.68. The van der Waals surface area contributed by atoms with Crippen LogP contribution in [0.2, 0.25) is 0 Å². The maximum Gasteiger partial charge on any atom is 0.320 e. The van der Waals surface area contributed by atoms with E-state index in [1.807, 2.05) is 6.92 Å². The fourth-order valence-corrected chi connectivity index (χ4v) is 1.39. The van der Waals surface area contributed by atoms with Crippen molar-refractivity contribution >= 4 is 21.9 Å². The zero-order valence-corrected chi connectivity index (χ0v) is 10.2. The number of carbonyl (C=O) groups excluding carboxylic acids is 1. The van der Waals surface area contributed by atoms with Crippen LogP contribution in [0.3, 0.4) is 0 Å². The van der Waals surface area contributed by atoms with Crippen LogP contribution in [0.25, 0.3) is 0 Å². The number of esters is 1. The molecule has 0 aliphatic carbocycles. The molecule has 2 unspecified atom stereocenters. The molecule has 0 aliphatic rings. The quantitative estimate of drug-likeness (QED) is 0.526. The van der Waals surface area contributed by atoms with E-state index in [1.165, 1.54) is 7.11 Å². The summed E-state index contributed by atoms with van der Waals surface area (Å²) in [5.74, 6) is -0.271. The third-order valence-corrected chi connectivity index (χ3v) is 2.60. The third-order valence-electron chi connectivity index (χ3n) is 1.90. The number of aliphatic hydroxyl groups excluding tert-OH is 1. The minimum atomic E-state index is -0.302. The van der Waals surface area contributed by atoms with E-state index in [9.17, 15) is 4.79 Å². The Bertz CT molecular complexity index is 166. The fourth-order valence-electron chi connectivity index (χ4n) is 1.02. The van der Waals surface area contributed by atoms with E-state index in [0.29, 0.717) is 12.6 Å². The van der Waals surface area contributed by atoms with Gasteiger partial charge in [0.25, 0.3) is 0 Å². The summed E-state index contributed by atoms with van der Waals surface area (Å²) >= 11 is 3.21. The van der Waals surface area contributed by atoms with Gasteiger partial charge in [-0.3, -0.25) is 4.79 Å². The summed E-state index contributed by atoms with van der Waals surface area (Å²) in [4.78, 5) is 10.7. The molecule has 2 atom stereocenters. The van der Waals surface area contributed by atoms with Crippen molar-refractivity contribution in [3.05, 3.63) is 0 Å². The molecular weight excluding hydrogens is 250 g/mol. The van der Waals surface area contributed by atoms with Crippen molar-refractivity contribution in [1.82, 2.24) is 5.32 Å². The van der Waals surface area contributed by atoms with Crippen molar-refractivity contribution in [2.24, 2.45) is 0 Å². The number of methoxy groups -OCH3 is 1. The molecule has 2 N–H and O–H groups in total. The highest BCUT2D eigenvalue weighted by atomic mass is 79.9. The molecule has 4 nitrogen and oxygen atoms in total. The molecule has 0 saturated carbocycles. The molecule has 0 fully saturated rings. The monoisotopic (exact) mass is 267 g/mol. The topological polar surface area (TPSA) is 58.6 Å². The van der Waals surface area contributed by atoms with Crippen molar-refractivity contribution in [3.63, 3.8) is 0 Å². The van der Waals surface area contributed by atoms with E-state index < -0.39 is 0 Å². The molecule has 84 valence electrons. The average molecular weight is 268 g/mol. The van der Waals surface area contributed by atoms with Crippen LogP contribution in [0.5, 0.6) is 0 Å². The average Bonchev–Trinajstić information content (AvgIpc) is 2.21. The van der Waals surface area contributed by atoms with E-state index in [2.05, 4.69) is 26.0 Å². The predicted molar refractivity (Wildman–Crippen MR) is 58.5 cm³/mol. The summed E-state index contributed by atoms with van der Waals surface area (Å²) in [6, 6.07) is 0.298. The molecule has 0 aromatic rings. The molecule has 0 spiro atoms. The minimum Gasteiger partial charge on any atom is -0.468 e. The second-order valence-corrected chi connectivity index (χ2v) is 4.27.